The third kappa shape index (κ3) is 2.49. The number of aliphatic hydroxyl groups is 1. The summed E-state index contributed by atoms with van der Waals surface area (Å²) in [6, 6.07) is 15.1. The smallest absolute Gasteiger partial charge is 0.269 e. The zero-order valence-electron chi connectivity index (χ0n) is 8.98. The zero-order chi connectivity index (χ0) is 12.3. The Morgan fingerprint density at radius 1 is 0.941 bits per heavy atom. The summed E-state index contributed by atoms with van der Waals surface area (Å²) in [6.07, 6.45) is -0.753. The Bertz CT molecular complexity index is 508. The number of non-ortho nitro benzene ring substituents is 1. The number of nitro groups is 1. The Balaban J connectivity index is 2.26. The monoisotopic (exact) mass is 229 g/mol. The second-order valence-electron chi connectivity index (χ2n) is 3.66. The highest BCUT2D eigenvalue weighted by atomic mass is 16.6. The molecule has 0 radical (unpaired) electrons. The lowest BCUT2D eigenvalue weighted by Gasteiger charge is -2.10. The number of aliphatic hydroxyl groups excluding tert-OH is 1. The first-order valence-corrected chi connectivity index (χ1v) is 5.16. The van der Waals surface area contributed by atoms with Crippen molar-refractivity contribution >= 4 is 5.69 Å². The van der Waals surface area contributed by atoms with Gasteiger partial charge < -0.3 is 5.11 Å². The van der Waals surface area contributed by atoms with Crippen molar-refractivity contribution in [3.05, 3.63) is 75.8 Å². The summed E-state index contributed by atoms with van der Waals surface area (Å²) in [5.41, 5.74) is 1.43. The summed E-state index contributed by atoms with van der Waals surface area (Å²) in [5, 5.41) is 20.5. The van der Waals surface area contributed by atoms with Crippen molar-refractivity contribution in [2.45, 2.75) is 6.10 Å². The molecular weight excluding hydrogens is 218 g/mol. The first-order valence-electron chi connectivity index (χ1n) is 5.16. The largest absolute Gasteiger partial charge is 0.384 e. The SMILES string of the molecule is O=[N+]([O-])c1ccc(C(O)c2ccccc2)cc1. The summed E-state index contributed by atoms with van der Waals surface area (Å²) in [6.45, 7) is 0. The first-order chi connectivity index (χ1) is 8.18. The summed E-state index contributed by atoms with van der Waals surface area (Å²) >= 11 is 0. The lowest BCUT2D eigenvalue weighted by atomic mass is 10.0. The molecule has 0 fully saturated rings. The molecule has 0 heterocycles. The van der Waals surface area contributed by atoms with E-state index >= 15 is 0 Å². The van der Waals surface area contributed by atoms with Crippen LogP contribution in [-0.4, -0.2) is 10.0 Å². The first kappa shape index (κ1) is 11.3. The van der Waals surface area contributed by atoms with E-state index < -0.39 is 11.0 Å². The molecule has 0 aromatic heterocycles. The van der Waals surface area contributed by atoms with Crippen LogP contribution in [0.5, 0.6) is 0 Å². The normalized spacial score (nSPS) is 12.1. The van der Waals surface area contributed by atoms with Crippen LogP contribution in [0.2, 0.25) is 0 Å². The number of benzene rings is 2. The van der Waals surface area contributed by atoms with Crippen molar-refractivity contribution in [1.82, 2.24) is 0 Å². The Labute approximate surface area is 98.3 Å². The molecule has 0 saturated heterocycles. The number of nitrogens with zero attached hydrogens (tertiary/aromatic N) is 1. The van der Waals surface area contributed by atoms with Crippen LogP contribution in [0.3, 0.4) is 0 Å². The zero-order valence-corrected chi connectivity index (χ0v) is 8.98. The second-order valence-corrected chi connectivity index (χ2v) is 3.66. The van der Waals surface area contributed by atoms with Crippen LogP contribution < -0.4 is 0 Å². The van der Waals surface area contributed by atoms with Gasteiger partial charge in [0.05, 0.1) is 4.92 Å². The highest BCUT2D eigenvalue weighted by Gasteiger charge is 2.11. The van der Waals surface area contributed by atoms with Crippen molar-refractivity contribution in [2.75, 3.05) is 0 Å². The van der Waals surface area contributed by atoms with Gasteiger partial charge in [-0.05, 0) is 23.3 Å². The van der Waals surface area contributed by atoms with Gasteiger partial charge in [-0.2, -0.15) is 0 Å². The van der Waals surface area contributed by atoms with Crippen molar-refractivity contribution in [3.63, 3.8) is 0 Å². The maximum Gasteiger partial charge on any atom is 0.269 e. The fraction of sp³-hybridized carbons (Fsp3) is 0.0769. The van der Waals surface area contributed by atoms with Gasteiger partial charge in [-0.15, -0.1) is 0 Å². The predicted molar refractivity (Wildman–Crippen MR) is 63.6 cm³/mol. The van der Waals surface area contributed by atoms with E-state index in [-0.39, 0.29) is 5.69 Å². The molecule has 4 heteroatoms. The summed E-state index contributed by atoms with van der Waals surface area (Å²) in [5.74, 6) is 0. The van der Waals surface area contributed by atoms with E-state index in [9.17, 15) is 15.2 Å². The third-order valence-electron chi connectivity index (χ3n) is 2.53. The quantitative estimate of drug-likeness (QED) is 0.650. The molecule has 0 bridgehead atoms. The fourth-order valence-electron chi connectivity index (χ4n) is 1.61. The topological polar surface area (TPSA) is 63.4 Å². The summed E-state index contributed by atoms with van der Waals surface area (Å²) in [4.78, 5) is 10.0. The van der Waals surface area contributed by atoms with Gasteiger partial charge >= 0.3 is 0 Å². The average molecular weight is 229 g/mol. The lowest BCUT2D eigenvalue weighted by Crippen LogP contribution is -1.99. The maximum atomic E-state index is 10.5. The van der Waals surface area contributed by atoms with Crippen LogP contribution in [-0.2, 0) is 0 Å². The molecule has 0 spiro atoms. The van der Waals surface area contributed by atoms with Gasteiger partial charge in [-0.1, -0.05) is 30.3 Å². The number of hydrogen-bond acceptors (Lipinski definition) is 3. The highest BCUT2D eigenvalue weighted by Crippen LogP contribution is 2.23. The van der Waals surface area contributed by atoms with E-state index in [2.05, 4.69) is 0 Å². The van der Waals surface area contributed by atoms with Crippen LogP contribution in [0, 0.1) is 10.1 Å². The number of hydrogen-bond donors (Lipinski definition) is 1. The molecule has 1 N–H and O–H groups in total. The van der Waals surface area contributed by atoms with E-state index in [1.165, 1.54) is 12.1 Å². The second kappa shape index (κ2) is 4.76. The summed E-state index contributed by atoms with van der Waals surface area (Å²) < 4.78 is 0. The van der Waals surface area contributed by atoms with Crippen LogP contribution in [0.4, 0.5) is 5.69 Å². The Hall–Kier alpha value is -2.20. The van der Waals surface area contributed by atoms with Gasteiger partial charge in [0, 0.05) is 12.1 Å². The van der Waals surface area contributed by atoms with E-state index in [1.807, 2.05) is 30.3 Å². The Morgan fingerprint density at radius 3 is 2.00 bits per heavy atom. The van der Waals surface area contributed by atoms with Gasteiger partial charge in [-0.25, -0.2) is 0 Å². The molecule has 2 rings (SSSR count). The molecule has 0 aliphatic heterocycles. The molecule has 86 valence electrons. The minimum atomic E-state index is -0.753. The average Bonchev–Trinajstić information content (AvgIpc) is 2.39. The number of nitro benzene ring substituents is 1. The van der Waals surface area contributed by atoms with Crippen molar-refractivity contribution in [2.24, 2.45) is 0 Å². The standard InChI is InChI=1S/C13H11NO3/c15-13(10-4-2-1-3-5-10)11-6-8-12(9-7-11)14(16)17/h1-9,13,15H. The molecule has 4 nitrogen and oxygen atoms in total. The van der Waals surface area contributed by atoms with E-state index in [1.54, 1.807) is 12.1 Å². The van der Waals surface area contributed by atoms with Gasteiger partial charge in [0.1, 0.15) is 6.10 Å². The Kier molecular flexibility index (Phi) is 3.16. The minimum Gasteiger partial charge on any atom is -0.384 e. The lowest BCUT2D eigenvalue weighted by molar-refractivity contribution is -0.384. The number of rotatable bonds is 3. The van der Waals surface area contributed by atoms with Crippen LogP contribution in [0.1, 0.15) is 17.2 Å². The third-order valence-corrected chi connectivity index (χ3v) is 2.53. The van der Waals surface area contributed by atoms with Gasteiger partial charge in [0.15, 0.2) is 0 Å². The van der Waals surface area contributed by atoms with Crippen molar-refractivity contribution in [3.8, 4) is 0 Å². The van der Waals surface area contributed by atoms with Crippen LogP contribution >= 0.6 is 0 Å². The predicted octanol–water partition coefficient (Wildman–Crippen LogP) is 2.68. The maximum absolute atomic E-state index is 10.5. The minimum absolute atomic E-state index is 0.0222. The van der Waals surface area contributed by atoms with Gasteiger partial charge in [-0.3, -0.25) is 10.1 Å². The van der Waals surface area contributed by atoms with Gasteiger partial charge in [0.25, 0.3) is 5.69 Å². The molecule has 0 aliphatic rings. The molecular formula is C13H11NO3. The molecule has 2 aromatic rings. The highest BCUT2D eigenvalue weighted by molar-refractivity contribution is 5.37. The Morgan fingerprint density at radius 2 is 1.47 bits per heavy atom. The van der Waals surface area contributed by atoms with Crippen molar-refractivity contribution < 1.29 is 10.0 Å². The molecule has 2 aromatic carbocycles. The van der Waals surface area contributed by atoms with E-state index in [4.69, 9.17) is 0 Å². The molecule has 0 aliphatic carbocycles. The molecule has 1 unspecified atom stereocenters. The summed E-state index contributed by atoms with van der Waals surface area (Å²) in [7, 11) is 0. The van der Waals surface area contributed by atoms with E-state index in [0.29, 0.717) is 5.56 Å². The van der Waals surface area contributed by atoms with Crippen LogP contribution in [0.25, 0.3) is 0 Å². The van der Waals surface area contributed by atoms with E-state index in [0.717, 1.165) is 5.56 Å². The van der Waals surface area contributed by atoms with Gasteiger partial charge in [0.2, 0.25) is 0 Å². The molecule has 17 heavy (non-hydrogen) atoms. The fourth-order valence-corrected chi connectivity index (χ4v) is 1.61. The molecule has 1 atom stereocenters. The molecule has 0 saturated carbocycles. The molecule has 0 amide bonds. The van der Waals surface area contributed by atoms with Crippen LogP contribution in [0.15, 0.2) is 54.6 Å². The van der Waals surface area contributed by atoms with Crippen molar-refractivity contribution in [1.29, 1.82) is 0 Å².